The van der Waals surface area contributed by atoms with E-state index in [4.69, 9.17) is 0 Å². The lowest BCUT2D eigenvalue weighted by atomic mass is 10.2. The van der Waals surface area contributed by atoms with Crippen molar-refractivity contribution >= 4 is 17.5 Å². The summed E-state index contributed by atoms with van der Waals surface area (Å²) < 4.78 is 0. The van der Waals surface area contributed by atoms with Gasteiger partial charge >= 0.3 is 0 Å². The highest BCUT2D eigenvalue weighted by Crippen LogP contribution is 2.28. The molecule has 0 atom stereocenters. The molecule has 2 aromatic rings. The topological polar surface area (TPSA) is 49.3 Å². The van der Waals surface area contributed by atoms with Crippen LogP contribution in [0.5, 0.6) is 0 Å². The number of benzene rings is 1. The van der Waals surface area contributed by atoms with Crippen LogP contribution in [-0.4, -0.2) is 35.5 Å². The fourth-order valence-corrected chi connectivity index (χ4v) is 3.16. The Morgan fingerprint density at radius 1 is 1.17 bits per heavy atom. The average Bonchev–Trinajstić information content (AvgIpc) is 3.05. The number of aromatic nitrogens is 2. The molecule has 24 heavy (non-hydrogen) atoms. The van der Waals surface area contributed by atoms with Crippen LogP contribution in [0.15, 0.2) is 36.5 Å². The summed E-state index contributed by atoms with van der Waals surface area (Å²) in [6.07, 6.45) is 4.65. The maximum atomic E-state index is 12.9. The van der Waals surface area contributed by atoms with E-state index in [1.807, 2.05) is 23.1 Å². The molecule has 3 rings (SSSR count). The molecule has 0 bridgehead atoms. The molecule has 1 amide bonds. The molecule has 0 saturated carbocycles. The molecule has 1 aromatic heterocycles. The molecule has 5 heteroatoms. The van der Waals surface area contributed by atoms with Crippen LogP contribution in [0.25, 0.3) is 0 Å². The van der Waals surface area contributed by atoms with Gasteiger partial charge in [-0.3, -0.25) is 4.79 Å². The van der Waals surface area contributed by atoms with Crippen molar-refractivity contribution in [1.82, 2.24) is 9.97 Å². The highest BCUT2D eigenvalue weighted by molar-refractivity contribution is 6.06. The molecule has 0 N–H and O–H groups in total. The third kappa shape index (κ3) is 3.25. The maximum absolute atomic E-state index is 12.9. The van der Waals surface area contributed by atoms with Gasteiger partial charge in [-0.1, -0.05) is 32.0 Å². The number of fused-ring (bicyclic) bond motifs is 1. The zero-order valence-corrected chi connectivity index (χ0v) is 14.4. The van der Waals surface area contributed by atoms with Gasteiger partial charge in [0, 0.05) is 31.5 Å². The fraction of sp³-hybridized carbons (Fsp3) is 0.421. The van der Waals surface area contributed by atoms with Crippen molar-refractivity contribution in [1.29, 1.82) is 0 Å². The van der Waals surface area contributed by atoms with Gasteiger partial charge in [-0.2, -0.15) is 0 Å². The molecule has 0 spiro atoms. The predicted octanol–water partition coefficient (Wildman–Crippen LogP) is 3.31. The van der Waals surface area contributed by atoms with E-state index < -0.39 is 0 Å². The summed E-state index contributed by atoms with van der Waals surface area (Å²) in [5.41, 5.74) is 2.69. The second-order valence-electron chi connectivity index (χ2n) is 6.06. The number of carbonyl (C=O) groups excluding carboxylic acids is 1. The van der Waals surface area contributed by atoms with Gasteiger partial charge in [-0.25, -0.2) is 9.97 Å². The molecule has 0 unspecified atom stereocenters. The number of carbonyl (C=O) groups is 1. The maximum Gasteiger partial charge on any atom is 0.277 e. The number of anilines is 2. The Kier molecular flexibility index (Phi) is 5.08. The summed E-state index contributed by atoms with van der Waals surface area (Å²) in [5.74, 6) is 0.605. The smallest absolute Gasteiger partial charge is 0.277 e. The number of hydrogen-bond acceptors (Lipinski definition) is 4. The molecule has 0 aliphatic carbocycles. The van der Waals surface area contributed by atoms with Crippen molar-refractivity contribution < 1.29 is 4.79 Å². The van der Waals surface area contributed by atoms with Gasteiger partial charge in [0.1, 0.15) is 5.69 Å². The van der Waals surface area contributed by atoms with Crippen molar-refractivity contribution in [2.24, 2.45) is 0 Å². The van der Waals surface area contributed by atoms with Crippen LogP contribution in [0.3, 0.4) is 0 Å². The number of nitrogens with zero attached hydrogens (tertiary/aromatic N) is 4. The van der Waals surface area contributed by atoms with Crippen LogP contribution >= 0.6 is 0 Å². The first-order valence-electron chi connectivity index (χ1n) is 8.72. The summed E-state index contributed by atoms with van der Waals surface area (Å²) in [5, 5.41) is 0. The summed E-state index contributed by atoms with van der Waals surface area (Å²) in [7, 11) is 0. The normalized spacial score (nSPS) is 13.0. The Hall–Kier alpha value is -2.43. The van der Waals surface area contributed by atoms with Crippen molar-refractivity contribution in [2.45, 2.75) is 33.1 Å². The van der Waals surface area contributed by atoms with Crippen LogP contribution < -0.4 is 9.80 Å². The zero-order valence-electron chi connectivity index (χ0n) is 14.4. The van der Waals surface area contributed by atoms with Crippen LogP contribution in [0, 0.1) is 0 Å². The van der Waals surface area contributed by atoms with Crippen LogP contribution in [-0.2, 0) is 6.42 Å². The Labute approximate surface area is 143 Å². The second-order valence-corrected chi connectivity index (χ2v) is 6.06. The van der Waals surface area contributed by atoms with Gasteiger partial charge in [0.15, 0.2) is 0 Å². The molecule has 2 heterocycles. The van der Waals surface area contributed by atoms with E-state index >= 15 is 0 Å². The Balaban J connectivity index is 1.85. The zero-order chi connectivity index (χ0) is 16.9. The number of para-hydroxylation sites is 1. The monoisotopic (exact) mass is 324 g/mol. The standard InChI is InChI=1S/C19H24N4O/c1-3-12-22(13-4-2)19-20-11-9-16(21-19)18(24)23-14-10-15-7-5-6-8-17(15)23/h5-9,11H,3-4,10,12-14H2,1-2H3. The molecule has 0 radical (unpaired) electrons. The number of rotatable bonds is 6. The minimum absolute atomic E-state index is 0.0449. The second kappa shape index (κ2) is 7.43. The fourth-order valence-electron chi connectivity index (χ4n) is 3.16. The number of amides is 1. The summed E-state index contributed by atoms with van der Waals surface area (Å²) in [4.78, 5) is 25.8. The van der Waals surface area contributed by atoms with Crippen molar-refractivity contribution in [3.05, 3.63) is 47.8 Å². The lowest BCUT2D eigenvalue weighted by Crippen LogP contribution is -2.31. The molecule has 0 fully saturated rings. The third-order valence-electron chi connectivity index (χ3n) is 4.26. The Morgan fingerprint density at radius 3 is 2.67 bits per heavy atom. The van der Waals surface area contributed by atoms with E-state index in [2.05, 4.69) is 34.8 Å². The van der Waals surface area contributed by atoms with Crippen molar-refractivity contribution in [3.63, 3.8) is 0 Å². The quantitative estimate of drug-likeness (QED) is 0.818. The van der Waals surface area contributed by atoms with Crippen molar-refractivity contribution in [3.8, 4) is 0 Å². The van der Waals surface area contributed by atoms with Gasteiger partial charge in [-0.15, -0.1) is 0 Å². The lowest BCUT2D eigenvalue weighted by molar-refractivity contribution is 0.0984. The highest BCUT2D eigenvalue weighted by atomic mass is 16.2. The van der Waals surface area contributed by atoms with Gasteiger partial charge in [0.25, 0.3) is 5.91 Å². The minimum Gasteiger partial charge on any atom is -0.341 e. The molecule has 0 saturated heterocycles. The van der Waals surface area contributed by atoms with Gasteiger partial charge in [0.05, 0.1) is 0 Å². The molecule has 1 aliphatic heterocycles. The lowest BCUT2D eigenvalue weighted by Gasteiger charge is -2.22. The van der Waals surface area contributed by atoms with Crippen molar-refractivity contribution in [2.75, 3.05) is 29.4 Å². The van der Waals surface area contributed by atoms with E-state index in [0.29, 0.717) is 18.2 Å². The summed E-state index contributed by atoms with van der Waals surface area (Å²) in [6, 6.07) is 9.78. The van der Waals surface area contributed by atoms with E-state index in [9.17, 15) is 4.79 Å². The van der Waals surface area contributed by atoms with Crippen LogP contribution in [0.1, 0.15) is 42.7 Å². The predicted molar refractivity (Wildman–Crippen MR) is 96.6 cm³/mol. The molecule has 1 aromatic carbocycles. The summed E-state index contributed by atoms with van der Waals surface area (Å²) >= 11 is 0. The Morgan fingerprint density at radius 2 is 1.92 bits per heavy atom. The summed E-state index contributed by atoms with van der Waals surface area (Å²) in [6.45, 7) is 6.79. The van der Waals surface area contributed by atoms with E-state index in [1.54, 1.807) is 12.3 Å². The van der Waals surface area contributed by atoms with Gasteiger partial charge in [-0.05, 0) is 37.0 Å². The average molecular weight is 324 g/mol. The van der Waals surface area contributed by atoms with Crippen LogP contribution in [0.4, 0.5) is 11.6 Å². The number of hydrogen-bond donors (Lipinski definition) is 0. The first kappa shape index (κ1) is 16.4. The first-order chi connectivity index (χ1) is 11.7. The molecule has 126 valence electrons. The molecular formula is C19H24N4O. The van der Waals surface area contributed by atoms with Gasteiger partial charge < -0.3 is 9.80 Å². The molecular weight excluding hydrogens is 300 g/mol. The van der Waals surface area contributed by atoms with E-state index in [1.165, 1.54) is 5.56 Å². The molecule has 5 nitrogen and oxygen atoms in total. The third-order valence-corrected chi connectivity index (χ3v) is 4.26. The highest BCUT2D eigenvalue weighted by Gasteiger charge is 2.26. The first-order valence-corrected chi connectivity index (χ1v) is 8.72. The Bertz CT molecular complexity index is 710. The van der Waals surface area contributed by atoms with Gasteiger partial charge in [0.2, 0.25) is 5.95 Å². The minimum atomic E-state index is -0.0449. The SMILES string of the molecule is CCCN(CCC)c1nccc(C(=O)N2CCc3ccccc32)n1. The largest absolute Gasteiger partial charge is 0.341 e. The van der Waals surface area contributed by atoms with E-state index in [0.717, 1.165) is 38.0 Å². The van der Waals surface area contributed by atoms with E-state index in [-0.39, 0.29) is 5.91 Å². The van der Waals surface area contributed by atoms with Crippen LogP contribution in [0.2, 0.25) is 0 Å². The molecule has 1 aliphatic rings.